The van der Waals surface area contributed by atoms with Gasteiger partial charge in [0.05, 0.1) is 28.8 Å². The van der Waals surface area contributed by atoms with Crippen molar-refractivity contribution < 1.29 is 27.8 Å². The highest BCUT2D eigenvalue weighted by molar-refractivity contribution is 7.89. The van der Waals surface area contributed by atoms with Gasteiger partial charge in [-0.2, -0.15) is 0 Å². The number of sulfonamides is 1. The molecule has 1 heterocycles. The summed E-state index contributed by atoms with van der Waals surface area (Å²) in [7, 11) is -2.39. The van der Waals surface area contributed by atoms with Crippen molar-refractivity contribution in [2.75, 3.05) is 7.11 Å². The van der Waals surface area contributed by atoms with Crippen molar-refractivity contribution in [3.05, 3.63) is 108 Å². The summed E-state index contributed by atoms with van der Waals surface area (Å²) in [5.41, 5.74) is 2.49. The Morgan fingerprint density at radius 3 is 2.50 bits per heavy atom. The lowest BCUT2D eigenvalue weighted by molar-refractivity contribution is 0.0696. The third-order valence-corrected chi connectivity index (χ3v) is 8.14. The predicted octanol–water partition coefficient (Wildman–Crippen LogP) is 5.58. The number of carbonyl (C=O) groups is 1. The minimum Gasteiger partial charge on any atom is -0.496 e. The monoisotopic (exact) mass is 556 g/mol. The predicted molar refractivity (Wildman–Crippen MR) is 153 cm³/mol. The van der Waals surface area contributed by atoms with E-state index in [1.54, 1.807) is 31.2 Å². The summed E-state index contributed by atoms with van der Waals surface area (Å²) in [4.78, 5) is 16.0. The van der Waals surface area contributed by atoms with Gasteiger partial charge in [-0.05, 0) is 78.2 Å². The molecule has 5 aromatic rings. The second-order valence-corrected chi connectivity index (χ2v) is 11.2. The van der Waals surface area contributed by atoms with E-state index in [0.29, 0.717) is 23.5 Å². The van der Waals surface area contributed by atoms with Crippen molar-refractivity contribution in [1.82, 2.24) is 9.71 Å². The van der Waals surface area contributed by atoms with Crippen molar-refractivity contribution >= 4 is 37.7 Å². The molecule has 0 aliphatic heterocycles. The molecule has 1 unspecified atom stereocenters. The molecular formula is C31H28N2O6S. The van der Waals surface area contributed by atoms with Gasteiger partial charge in [0.2, 0.25) is 10.0 Å². The van der Waals surface area contributed by atoms with Crippen LogP contribution in [0.25, 0.3) is 21.7 Å². The number of rotatable bonds is 10. The Labute approximate surface area is 232 Å². The second-order valence-electron chi connectivity index (χ2n) is 9.51. The van der Waals surface area contributed by atoms with Crippen molar-refractivity contribution in [3.8, 4) is 11.5 Å². The van der Waals surface area contributed by atoms with Gasteiger partial charge in [0, 0.05) is 11.4 Å². The summed E-state index contributed by atoms with van der Waals surface area (Å²) >= 11 is 0. The summed E-state index contributed by atoms with van der Waals surface area (Å²) < 4.78 is 40.4. The largest absolute Gasteiger partial charge is 0.496 e. The molecule has 2 N–H and O–H groups in total. The average molecular weight is 557 g/mol. The molecule has 1 atom stereocenters. The topological polar surface area (TPSA) is 115 Å². The smallest absolute Gasteiger partial charge is 0.335 e. The van der Waals surface area contributed by atoms with Crippen LogP contribution in [0.5, 0.6) is 11.5 Å². The van der Waals surface area contributed by atoms with Gasteiger partial charge in [-0.25, -0.2) is 22.9 Å². The normalized spacial score (nSPS) is 12.3. The standard InChI is InChI=1S/C31H28N2O6S/c1-20(15-23-7-8-24(31(34)35)18-30(23)38-2)33-40(36,37)28-14-11-21-10-13-27(16-25(21)17-28)39-19-26-12-9-22-5-3-4-6-29(22)32-26/h3-14,16-18,20,33H,15,19H2,1-2H3,(H,34,35). The first-order valence-electron chi connectivity index (χ1n) is 12.7. The van der Waals surface area contributed by atoms with Gasteiger partial charge in [0.25, 0.3) is 0 Å². The quantitative estimate of drug-likeness (QED) is 0.231. The van der Waals surface area contributed by atoms with Crippen LogP contribution in [0.3, 0.4) is 0 Å². The maximum atomic E-state index is 13.2. The summed E-state index contributed by atoms with van der Waals surface area (Å²) in [5, 5.41) is 11.9. The van der Waals surface area contributed by atoms with Crippen molar-refractivity contribution in [2.45, 2.75) is 30.9 Å². The lowest BCUT2D eigenvalue weighted by atomic mass is 10.0. The number of ether oxygens (including phenoxy) is 2. The van der Waals surface area contributed by atoms with E-state index < -0.39 is 22.0 Å². The van der Waals surface area contributed by atoms with Gasteiger partial charge in [0.15, 0.2) is 0 Å². The molecule has 9 heteroatoms. The molecule has 0 spiro atoms. The van der Waals surface area contributed by atoms with E-state index in [1.165, 1.54) is 19.2 Å². The van der Waals surface area contributed by atoms with E-state index in [9.17, 15) is 18.3 Å². The lowest BCUT2D eigenvalue weighted by Crippen LogP contribution is -2.34. The van der Waals surface area contributed by atoms with E-state index in [-0.39, 0.29) is 17.1 Å². The highest BCUT2D eigenvalue weighted by atomic mass is 32.2. The van der Waals surface area contributed by atoms with E-state index in [2.05, 4.69) is 9.71 Å². The molecule has 0 amide bonds. The Kier molecular flexibility index (Phi) is 7.68. The summed E-state index contributed by atoms with van der Waals surface area (Å²) in [5.74, 6) is -0.0628. The van der Waals surface area contributed by atoms with Gasteiger partial charge < -0.3 is 14.6 Å². The number of hydrogen-bond donors (Lipinski definition) is 2. The van der Waals surface area contributed by atoms with Gasteiger partial charge >= 0.3 is 5.97 Å². The Balaban J connectivity index is 1.30. The van der Waals surface area contributed by atoms with Crippen LogP contribution in [0.2, 0.25) is 0 Å². The number of fused-ring (bicyclic) bond motifs is 2. The van der Waals surface area contributed by atoms with Crippen LogP contribution in [0, 0.1) is 0 Å². The minimum atomic E-state index is -3.84. The fourth-order valence-corrected chi connectivity index (χ4v) is 5.83. The number of benzene rings is 4. The highest BCUT2D eigenvalue weighted by Crippen LogP contribution is 2.26. The Bertz CT molecular complexity index is 1820. The van der Waals surface area contributed by atoms with Gasteiger partial charge in [-0.15, -0.1) is 0 Å². The number of para-hydroxylation sites is 1. The Hall–Kier alpha value is -4.47. The van der Waals surface area contributed by atoms with Crippen LogP contribution in [0.1, 0.15) is 28.5 Å². The SMILES string of the molecule is COc1cc(C(=O)O)ccc1CC(C)NS(=O)(=O)c1ccc2ccc(OCc3ccc4ccccc4n3)cc2c1. The third kappa shape index (κ3) is 6.06. The number of hydrogen-bond acceptors (Lipinski definition) is 6. The maximum Gasteiger partial charge on any atom is 0.335 e. The number of carboxylic acid groups (broad SMARTS) is 1. The van der Waals surface area contributed by atoms with E-state index >= 15 is 0 Å². The minimum absolute atomic E-state index is 0.0990. The first-order chi connectivity index (χ1) is 19.2. The maximum absolute atomic E-state index is 13.2. The molecule has 5 rings (SSSR count). The van der Waals surface area contributed by atoms with E-state index in [0.717, 1.165) is 27.4 Å². The zero-order valence-electron chi connectivity index (χ0n) is 22.0. The van der Waals surface area contributed by atoms with Gasteiger partial charge in [-0.1, -0.05) is 42.5 Å². The molecule has 1 aromatic heterocycles. The van der Waals surface area contributed by atoms with Crippen molar-refractivity contribution in [2.24, 2.45) is 0 Å². The van der Waals surface area contributed by atoms with Crippen LogP contribution < -0.4 is 14.2 Å². The van der Waals surface area contributed by atoms with Crippen LogP contribution >= 0.6 is 0 Å². The zero-order valence-corrected chi connectivity index (χ0v) is 22.8. The zero-order chi connectivity index (χ0) is 28.3. The highest BCUT2D eigenvalue weighted by Gasteiger charge is 2.20. The number of aromatic nitrogens is 1. The summed E-state index contributed by atoms with van der Waals surface area (Å²) in [6.07, 6.45) is 0.316. The third-order valence-electron chi connectivity index (χ3n) is 6.55. The molecule has 8 nitrogen and oxygen atoms in total. The number of pyridine rings is 1. The van der Waals surface area contributed by atoms with Crippen LogP contribution in [0.15, 0.2) is 95.9 Å². The van der Waals surface area contributed by atoms with Crippen LogP contribution in [-0.2, 0) is 23.1 Å². The summed E-state index contributed by atoms with van der Waals surface area (Å²) in [6, 6.07) is 26.4. The fourth-order valence-electron chi connectivity index (χ4n) is 4.56. The van der Waals surface area contributed by atoms with Crippen molar-refractivity contribution in [3.63, 3.8) is 0 Å². The molecule has 40 heavy (non-hydrogen) atoms. The molecule has 0 bridgehead atoms. The fraction of sp³-hybridized carbons (Fsp3) is 0.161. The first kappa shape index (κ1) is 27.1. The van der Waals surface area contributed by atoms with E-state index in [4.69, 9.17) is 9.47 Å². The van der Waals surface area contributed by atoms with Crippen LogP contribution in [0.4, 0.5) is 0 Å². The molecule has 0 saturated heterocycles. The first-order valence-corrected chi connectivity index (χ1v) is 14.1. The van der Waals surface area contributed by atoms with Crippen molar-refractivity contribution in [1.29, 1.82) is 0 Å². The Morgan fingerprint density at radius 2 is 1.70 bits per heavy atom. The number of carboxylic acids is 1. The number of methoxy groups -OCH3 is 1. The Morgan fingerprint density at radius 1 is 0.925 bits per heavy atom. The molecule has 0 aliphatic carbocycles. The van der Waals surface area contributed by atoms with Crippen LogP contribution in [-0.4, -0.2) is 37.6 Å². The second kappa shape index (κ2) is 11.3. The average Bonchev–Trinajstić information content (AvgIpc) is 2.95. The molecule has 0 aliphatic rings. The molecular weight excluding hydrogens is 528 g/mol. The van der Waals surface area contributed by atoms with Gasteiger partial charge in [-0.3, -0.25) is 0 Å². The van der Waals surface area contributed by atoms with Gasteiger partial charge in [0.1, 0.15) is 18.1 Å². The van der Waals surface area contributed by atoms with E-state index in [1.807, 2.05) is 54.6 Å². The molecule has 0 saturated carbocycles. The molecule has 4 aromatic carbocycles. The number of aromatic carboxylic acids is 1. The molecule has 0 radical (unpaired) electrons. The molecule has 204 valence electrons. The lowest BCUT2D eigenvalue weighted by Gasteiger charge is -2.17. The molecule has 0 fully saturated rings. The number of nitrogens with zero attached hydrogens (tertiary/aromatic N) is 1. The summed E-state index contributed by atoms with van der Waals surface area (Å²) in [6.45, 7) is 2.03. The number of nitrogens with one attached hydrogen (secondary N) is 1.